The molecule has 0 bridgehead atoms. The molecule has 25 heavy (non-hydrogen) atoms. The molecule has 8 heteroatoms. The van der Waals surface area contributed by atoms with E-state index in [1.165, 1.54) is 12.1 Å². The summed E-state index contributed by atoms with van der Waals surface area (Å²) < 4.78 is 0. The summed E-state index contributed by atoms with van der Waals surface area (Å²) in [5.74, 6) is -0.338. The average Bonchev–Trinajstić information content (AvgIpc) is 2.49. The van der Waals surface area contributed by atoms with Gasteiger partial charge in [-0.15, -0.1) is 0 Å². The van der Waals surface area contributed by atoms with Crippen molar-refractivity contribution in [3.8, 4) is 0 Å². The van der Waals surface area contributed by atoms with Crippen LogP contribution >= 0.6 is 23.8 Å². The molecule has 2 rings (SSSR count). The number of anilines is 1. The molecule has 0 spiro atoms. The molecule has 0 heterocycles. The molecule has 0 saturated carbocycles. The molecular weight excluding hydrogens is 362 g/mol. The standard InChI is InChI=1S/C17H16ClN3O3S/c1-9-4-10(2)6-12(5-9)16(22)20-17(25)19-14-8-13(18)15(21(23)24)7-11(14)3/h4-8H,1-3H3,(H2,19,20,22,25). The minimum Gasteiger partial charge on any atom is -0.332 e. The first-order valence-electron chi connectivity index (χ1n) is 7.32. The molecule has 0 aliphatic heterocycles. The Balaban J connectivity index is 2.13. The zero-order valence-electron chi connectivity index (χ0n) is 13.8. The molecule has 1 amide bonds. The summed E-state index contributed by atoms with van der Waals surface area (Å²) in [6, 6.07) is 8.25. The Morgan fingerprint density at radius 3 is 2.28 bits per heavy atom. The van der Waals surface area contributed by atoms with Crippen LogP contribution in [0.5, 0.6) is 0 Å². The third-order valence-electron chi connectivity index (χ3n) is 3.45. The number of hydrogen-bond donors (Lipinski definition) is 2. The lowest BCUT2D eigenvalue weighted by Crippen LogP contribution is -2.34. The Kier molecular flexibility index (Phi) is 5.71. The van der Waals surface area contributed by atoms with E-state index in [1.807, 2.05) is 19.9 Å². The van der Waals surface area contributed by atoms with Crippen molar-refractivity contribution in [2.45, 2.75) is 20.8 Å². The van der Waals surface area contributed by atoms with Crippen LogP contribution < -0.4 is 10.6 Å². The van der Waals surface area contributed by atoms with Crippen molar-refractivity contribution in [3.63, 3.8) is 0 Å². The molecule has 0 aromatic heterocycles. The molecular formula is C17H16ClN3O3S. The fraction of sp³-hybridized carbons (Fsp3) is 0.176. The van der Waals surface area contributed by atoms with E-state index in [0.717, 1.165) is 11.1 Å². The molecule has 6 nitrogen and oxygen atoms in total. The van der Waals surface area contributed by atoms with E-state index >= 15 is 0 Å². The molecule has 130 valence electrons. The Labute approximate surface area is 155 Å². The maximum absolute atomic E-state index is 12.3. The third kappa shape index (κ3) is 4.74. The van der Waals surface area contributed by atoms with Crippen molar-refractivity contribution >= 4 is 46.2 Å². The summed E-state index contributed by atoms with van der Waals surface area (Å²) >= 11 is 11.0. The largest absolute Gasteiger partial charge is 0.332 e. The van der Waals surface area contributed by atoms with Crippen LogP contribution in [0.2, 0.25) is 5.02 Å². The molecule has 0 atom stereocenters. The van der Waals surface area contributed by atoms with E-state index in [-0.39, 0.29) is 21.7 Å². The second kappa shape index (κ2) is 7.58. The summed E-state index contributed by atoms with van der Waals surface area (Å²) in [6.45, 7) is 5.49. The Morgan fingerprint density at radius 2 is 1.72 bits per heavy atom. The number of nitrogens with one attached hydrogen (secondary N) is 2. The maximum Gasteiger partial charge on any atom is 0.288 e. The Bertz CT molecular complexity index is 863. The number of benzene rings is 2. The van der Waals surface area contributed by atoms with Gasteiger partial charge >= 0.3 is 0 Å². The van der Waals surface area contributed by atoms with E-state index in [1.54, 1.807) is 19.1 Å². The second-order valence-electron chi connectivity index (χ2n) is 5.66. The predicted molar refractivity (Wildman–Crippen MR) is 102 cm³/mol. The molecule has 0 radical (unpaired) electrons. The molecule has 2 aromatic carbocycles. The maximum atomic E-state index is 12.3. The summed E-state index contributed by atoms with van der Waals surface area (Å²) in [7, 11) is 0. The number of carbonyl (C=O) groups is 1. The van der Waals surface area contributed by atoms with Gasteiger partial charge in [-0.25, -0.2) is 0 Å². The first-order chi connectivity index (χ1) is 11.7. The van der Waals surface area contributed by atoms with Gasteiger partial charge in [0, 0.05) is 17.3 Å². The second-order valence-corrected chi connectivity index (χ2v) is 6.48. The zero-order valence-corrected chi connectivity index (χ0v) is 15.4. The minimum absolute atomic E-state index is 0.0125. The first kappa shape index (κ1) is 18.8. The van der Waals surface area contributed by atoms with E-state index < -0.39 is 4.92 Å². The van der Waals surface area contributed by atoms with Crippen molar-refractivity contribution in [2.75, 3.05) is 5.32 Å². The lowest BCUT2D eigenvalue weighted by atomic mass is 10.1. The average molecular weight is 378 g/mol. The van der Waals surface area contributed by atoms with Crippen LogP contribution in [-0.4, -0.2) is 15.9 Å². The van der Waals surface area contributed by atoms with Crippen molar-refractivity contribution in [2.24, 2.45) is 0 Å². The molecule has 2 aromatic rings. The van der Waals surface area contributed by atoms with E-state index in [9.17, 15) is 14.9 Å². The van der Waals surface area contributed by atoms with Gasteiger partial charge in [0.1, 0.15) is 5.02 Å². The highest BCUT2D eigenvalue weighted by atomic mass is 35.5. The van der Waals surface area contributed by atoms with Crippen LogP contribution in [0.25, 0.3) is 0 Å². The first-order valence-corrected chi connectivity index (χ1v) is 8.11. The number of hydrogen-bond acceptors (Lipinski definition) is 4. The summed E-state index contributed by atoms with van der Waals surface area (Å²) in [6.07, 6.45) is 0. The van der Waals surface area contributed by atoms with Gasteiger partial charge in [0.2, 0.25) is 0 Å². The SMILES string of the molecule is Cc1cc(C)cc(C(=O)NC(=S)Nc2cc(Cl)c([N+](=O)[O-])cc2C)c1. The van der Waals surface area contributed by atoms with Gasteiger partial charge in [0.15, 0.2) is 5.11 Å². The van der Waals surface area contributed by atoms with Crippen molar-refractivity contribution in [1.82, 2.24) is 5.32 Å². The highest BCUT2D eigenvalue weighted by Crippen LogP contribution is 2.30. The van der Waals surface area contributed by atoms with Gasteiger partial charge in [0.05, 0.1) is 4.92 Å². The van der Waals surface area contributed by atoms with Gasteiger partial charge in [0.25, 0.3) is 11.6 Å². The van der Waals surface area contributed by atoms with Crippen LogP contribution in [0, 0.1) is 30.9 Å². The molecule has 0 saturated heterocycles. The normalized spacial score (nSPS) is 10.2. The number of carbonyl (C=O) groups excluding carboxylic acids is 1. The van der Waals surface area contributed by atoms with Crippen LogP contribution in [0.3, 0.4) is 0 Å². The lowest BCUT2D eigenvalue weighted by molar-refractivity contribution is -0.384. The van der Waals surface area contributed by atoms with Gasteiger partial charge in [-0.05, 0) is 56.8 Å². The van der Waals surface area contributed by atoms with Crippen molar-refractivity contribution in [3.05, 3.63) is 67.7 Å². The molecule has 2 N–H and O–H groups in total. The molecule has 0 fully saturated rings. The van der Waals surface area contributed by atoms with Crippen LogP contribution in [0.15, 0.2) is 30.3 Å². The highest BCUT2D eigenvalue weighted by Gasteiger charge is 2.16. The van der Waals surface area contributed by atoms with E-state index in [4.69, 9.17) is 23.8 Å². The number of rotatable bonds is 3. The number of nitrogens with zero attached hydrogens (tertiary/aromatic N) is 1. The van der Waals surface area contributed by atoms with Crippen molar-refractivity contribution in [1.29, 1.82) is 0 Å². The summed E-state index contributed by atoms with van der Waals surface area (Å²) in [5, 5.41) is 16.4. The predicted octanol–water partition coefficient (Wildman–Crippen LogP) is 4.30. The fourth-order valence-corrected chi connectivity index (χ4v) is 2.81. The zero-order chi connectivity index (χ0) is 18.7. The van der Waals surface area contributed by atoms with Crippen LogP contribution in [0.1, 0.15) is 27.0 Å². The number of thiocarbonyl (C=S) groups is 1. The number of aryl methyl sites for hydroxylation is 3. The molecule has 0 unspecified atom stereocenters. The van der Waals surface area contributed by atoms with Gasteiger partial charge in [-0.3, -0.25) is 20.2 Å². The Morgan fingerprint density at radius 1 is 1.12 bits per heavy atom. The highest BCUT2D eigenvalue weighted by molar-refractivity contribution is 7.80. The van der Waals surface area contributed by atoms with Gasteiger partial charge in [-0.1, -0.05) is 28.8 Å². The number of nitro groups is 1. The summed E-state index contributed by atoms with van der Waals surface area (Å²) in [5.41, 5.74) is 3.33. The fourth-order valence-electron chi connectivity index (χ4n) is 2.38. The molecule has 0 aliphatic rings. The Hall–Kier alpha value is -2.51. The van der Waals surface area contributed by atoms with Crippen molar-refractivity contribution < 1.29 is 9.72 Å². The monoisotopic (exact) mass is 377 g/mol. The van der Waals surface area contributed by atoms with E-state index in [2.05, 4.69) is 10.6 Å². The number of halogens is 1. The molecule has 0 aliphatic carbocycles. The van der Waals surface area contributed by atoms with Crippen LogP contribution in [-0.2, 0) is 0 Å². The quantitative estimate of drug-likeness (QED) is 0.473. The topological polar surface area (TPSA) is 84.3 Å². The van der Waals surface area contributed by atoms with Gasteiger partial charge < -0.3 is 5.32 Å². The van der Waals surface area contributed by atoms with Crippen LogP contribution in [0.4, 0.5) is 11.4 Å². The number of amides is 1. The summed E-state index contributed by atoms with van der Waals surface area (Å²) in [4.78, 5) is 22.6. The van der Waals surface area contributed by atoms with Gasteiger partial charge in [-0.2, -0.15) is 0 Å². The smallest absolute Gasteiger partial charge is 0.288 e. The van der Waals surface area contributed by atoms with E-state index in [0.29, 0.717) is 16.8 Å². The third-order valence-corrected chi connectivity index (χ3v) is 3.96. The lowest BCUT2D eigenvalue weighted by Gasteiger charge is -2.13. The number of nitro benzene ring substituents is 1. The minimum atomic E-state index is -0.556.